The number of halogens is 2. The highest BCUT2D eigenvalue weighted by Gasteiger charge is 2.27. The Morgan fingerprint density at radius 1 is 1.62 bits per heavy atom. The van der Waals surface area contributed by atoms with Gasteiger partial charge in [0, 0.05) is 17.5 Å². The van der Waals surface area contributed by atoms with Crippen molar-refractivity contribution in [2.75, 3.05) is 13.1 Å². The number of nitrogens with two attached hydrogens (primary N) is 1. The zero-order valence-corrected chi connectivity index (χ0v) is 8.84. The zero-order valence-electron chi connectivity index (χ0n) is 8.84. The molecule has 1 aromatic heterocycles. The van der Waals surface area contributed by atoms with Gasteiger partial charge in [0.15, 0.2) is 0 Å². The number of hydrogen-bond donors (Lipinski definition) is 2. The summed E-state index contributed by atoms with van der Waals surface area (Å²) in [6.45, 7) is 0.164. The van der Waals surface area contributed by atoms with Crippen molar-refractivity contribution < 1.29 is 13.6 Å². The van der Waals surface area contributed by atoms with Crippen LogP contribution in [-0.4, -0.2) is 29.9 Å². The lowest BCUT2D eigenvalue weighted by Gasteiger charge is -2.14. The van der Waals surface area contributed by atoms with Crippen molar-refractivity contribution in [3.8, 4) is 0 Å². The minimum absolute atomic E-state index is 0.306. The lowest BCUT2D eigenvalue weighted by atomic mass is 10.2. The zero-order chi connectivity index (χ0) is 12.2. The second-order valence-electron chi connectivity index (χ2n) is 3.43. The molecule has 1 heterocycles. The van der Waals surface area contributed by atoms with E-state index < -0.39 is 24.9 Å². The lowest BCUT2D eigenvalue weighted by molar-refractivity contribution is 0.0118. The fourth-order valence-corrected chi connectivity index (χ4v) is 1.07. The molecule has 0 aliphatic carbocycles. The van der Waals surface area contributed by atoms with Gasteiger partial charge in [-0.2, -0.15) is 0 Å². The van der Waals surface area contributed by atoms with Gasteiger partial charge >= 0.3 is 0 Å². The maximum absolute atomic E-state index is 12.8. The topological polar surface area (TPSA) is 68.0 Å². The van der Waals surface area contributed by atoms with Gasteiger partial charge in [0.05, 0.1) is 13.1 Å². The molecule has 0 aliphatic rings. The molecule has 1 amide bonds. The molecule has 0 aromatic carbocycles. The first-order chi connectivity index (χ1) is 7.44. The molecule has 0 radical (unpaired) electrons. The standard InChI is InChI=1S/C10H13F2N3O/c1-7-4-8(2-3-14-7)9(16)15-6-10(11,12)5-13/h2-4H,5-6,13H2,1H3,(H,15,16). The fourth-order valence-electron chi connectivity index (χ4n) is 1.07. The largest absolute Gasteiger partial charge is 0.346 e. The number of aromatic nitrogens is 1. The van der Waals surface area contributed by atoms with Crippen LogP contribution in [-0.2, 0) is 0 Å². The number of hydrogen-bond acceptors (Lipinski definition) is 3. The average molecular weight is 229 g/mol. The third kappa shape index (κ3) is 3.54. The van der Waals surface area contributed by atoms with Gasteiger partial charge in [-0.15, -0.1) is 0 Å². The van der Waals surface area contributed by atoms with Gasteiger partial charge in [0.2, 0.25) is 0 Å². The Morgan fingerprint density at radius 3 is 2.88 bits per heavy atom. The van der Waals surface area contributed by atoms with E-state index in [0.29, 0.717) is 11.3 Å². The second kappa shape index (κ2) is 4.98. The molecule has 16 heavy (non-hydrogen) atoms. The molecule has 0 spiro atoms. The van der Waals surface area contributed by atoms with Crippen LogP contribution in [0.5, 0.6) is 0 Å². The van der Waals surface area contributed by atoms with Gasteiger partial charge in [0.25, 0.3) is 11.8 Å². The van der Waals surface area contributed by atoms with Crippen LogP contribution in [0.3, 0.4) is 0 Å². The Morgan fingerprint density at radius 2 is 2.31 bits per heavy atom. The highest BCUT2D eigenvalue weighted by atomic mass is 19.3. The Balaban J connectivity index is 2.60. The summed E-state index contributed by atoms with van der Waals surface area (Å²) in [6, 6.07) is 2.98. The van der Waals surface area contributed by atoms with Crippen LogP contribution in [0.1, 0.15) is 16.1 Å². The maximum atomic E-state index is 12.8. The molecule has 0 saturated carbocycles. The molecule has 0 aliphatic heterocycles. The number of pyridine rings is 1. The molecule has 88 valence electrons. The van der Waals surface area contributed by atoms with Crippen LogP contribution in [0.4, 0.5) is 8.78 Å². The molecule has 0 saturated heterocycles. The van der Waals surface area contributed by atoms with Gasteiger partial charge in [-0.25, -0.2) is 8.78 Å². The molecular weight excluding hydrogens is 216 g/mol. The molecule has 3 N–H and O–H groups in total. The Bertz CT molecular complexity index is 382. The van der Waals surface area contributed by atoms with E-state index in [4.69, 9.17) is 5.73 Å². The summed E-state index contributed by atoms with van der Waals surface area (Å²) < 4.78 is 25.5. The quantitative estimate of drug-likeness (QED) is 0.799. The number of rotatable bonds is 4. The molecule has 4 nitrogen and oxygen atoms in total. The predicted molar refractivity (Wildman–Crippen MR) is 55.3 cm³/mol. The summed E-state index contributed by atoms with van der Waals surface area (Å²) in [4.78, 5) is 15.3. The number of carbonyl (C=O) groups excluding carboxylic acids is 1. The number of nitrogens with one attached hydrogen (secondary N) is 1. The van der Waals surface area contributed by atoms with Crippen molar-refractivity contribution in [2.45, 2.75) is 12.8 Å². The summed E-state index contributed by atoms with van der Waals surface area (Å²) >= 11 is 0. The number of alkyl halides is 2. The molecule has 0 bridgehead atoms. The van der Waals surface area contributed by atoms with Crippen molar-refractivity contribution in [2.24, 2.45) is 5.73 Å². The summed E-state index contributed by atoms with van der Waals surface area (Å²) in [5.74, 6) is -3.63. The van der Waals surface area contributed by atoms with Gasteiger partial charge in [-0.05, 0) is 19.1 Å². The summed E-state index contributed by atoms with van der Waals surface area (Å²) in [7, 11) is 0. The van der Waals surface area contributed by atoms with E-state index in [2.05, 4.69) is 10.3 Å². The van der Waals surface area contributed by atoms with Gasteiger partial charge in [0.1, 0.15) is 0 Å². The van der Waals surface area contributed by atoms with Crippen LogP contribution in [0.25, 0.3) is 0 Å². The van der Waals surface area contributed by atoms with E-state index in [-0.39, 0.29) is 0 Å². The molecular formula is C10H13F2N3O. The van der Waals surface area contributed by atoms with E-state index in [1.54, 1.807) is 6.92 Å². The molecule has 0 atom stereocenters. The molecule has 6 heteroatoms. The Kier molecular flexibility index (Phi) is 3.89. The molecule has 1 rings (SSSR count). The van der Waals surface area contributed by atoms with Crippen molar-refractivity contribution >= 4 is 5.91 Å². The number of carbonyl (C=O) groups is 1. The highest BCUT2D eigenvalue weighted by molar-refractivity contribution is 5.94. The van der Waals surface area contributed by atoms with Crippen molar-refractivity contribution in [3.05, 3.63) is 29.6 Å². The summed E-state index contributed by atoms with van der Waals surface area (Å²) in [5.41, 5.74) is 5.80. The first-order valence-electron chi connectivity index (χ1n) is 4.73. The molecule has 1 aromatic rings. The van der Waals surface area contributed by atoms with E-state index in [9.17, 15) is 13.6 Å². The Labute approximate surface area is 91.9 Å². The van der Waals surface area contributed by atoms with Crippen LogP contribution >= 0.6 is 0 Å². The third-order valence-electron chi connectivity index (χ3n) is 1.97. The number of aryl methyl sites for hydroxylation is 1. The first-order valence-corrected chi connectivity index (χ1v) is 4.73. The van der Waals surface area contributed by atoms with Gasteiger partial charge in [-0.3, -0.25) is 9.78 Å². The van der Waals surface area contributed by atoms with Crippen LogP contribution in [0.15, 0.2) is 18.3 Å². The SMILES string of the molecule is Cc1cc(C(=O)NCC(F)(F)CN)ccn1. The van der Waals surface area contributed by atoms with Crippen molar-refractivity contribution in [1.29, 1.82) is 0 Å². The molecule has 0 fully saturated rings. The highest BCUT2D eigenvalue weighted by Crippen LogP contribution is 2.09. The lowest BCUT2D eigenvalue weighted by Crippen LogP contribution is -2.41. The number of nitrogens with zero attached hydrogens (tertiary/aromatic N) is 1. The minimum Gasteiger partial charge on any atom is -0.346 e. The monoisotopic (exact) mass is 229 g/mol. The van der Waals surface area contributed by atoms with E-state index >= 15 is 0 Å². The first kappa shape index (κ1) is 12.5. The smallest absolute Gasteiger partial charge is 0.277 e. The van der Waals surface area contributed by atoms with E-state index in [1.165, 1.54) is 18.3 Å². The fraction of sp³-hybridized carbons (Fsp3) is 0.400. The summed E-state index contributed by atoms with van der Waals surface area (Å²) in [5, 5.41) is 2.12. The maximum Gasteiger partial charge on any atom is 0.277 e. The van der Waals surface area contributed by atoms with Crippen molar-refractivity contribution in [1.82, 2.24) is 10.3 Å². The van der Waals surface area contributed by atoms with Gasteiger partial charge in [-0.1, -0.05) is 0 Å². The van der Waals surface area contributed by atoms with Crippen LogP contribution < -0.4 is 11.1 Å². The average Bonchev–Trinajstić information content (AvgIpc) is 2.26. The van der Waals surface area contributed by atoms with Gasteiger partial charge < -0.3 is 11.1 Å². The minimum atomic E-state index is -3.07. The van der Waals surface area contributed by atoms with E-state index in [1.807, 2.05) is 0 Å². The van der Waals surface area contributed by atoms with Crippen LogP contribution in [0.2, 0.25) is 0 Å². The van der Waals surface area contributed by atoms with E-state index in [0.717, 1.165) is 0 Å². The number of amides is 1. The second-order valence-corrected chi connectivity index (χ2v) is 3.43. The predicted octanol–water partition coefficient (Wildman–Crippen LogP) is 0.714. The third-order valence-corrected chi connectivity index (χ3v) is 1.97. The molecule has 0 unspecified atom stereocenters. The summed E-state index contributed by atoms with van der Waals surface area (Å²) in [6.07, 6.45) is 1.45. The van der Waals surface area contributed by atoms with Crippen LogP contribution in [0, 0.1) is 6.92 Å². The normalized spacial score (nSPS) is 11.2. The Hall–Kier alpha value is -1.56. The van der Waals surface area contributed by atoms with Crippen molar-refractivity contribution in [3.63, 3.8) is 0 Å².